The first-order chi connectivity index (χ1) is 27.3. The van der Waals surface area contributed by atoms with Crippen molar-refractivity contribution in [3.63, 3.8) is 0 Å². The second-order valence-electron chi connectivity index (χ2n) is 19.6. The number of rotatable bonds is 21. The Morgan fingerprint density at radius 3 is 2.47 bits per heavy atom. The Balaban J connectivity index is 0.933. The Morgan fingerprint density at radius 2 is 1.72 bits per heavy atom. The quantitative estimate of drug-likeness (QED) is 0.0514. The van der Waals surface area contributed by atoms with E-state index in [1.165, 1.54) is 70.6 Å². The van der Waals surface area contributed by atoms with E-state index in [1.54, 1.807) is 12.6 Å². The van der Waals surface area contributed by atoms with Gasteiger partial charge in [-0.25, -0.2) is 0 Å². The first kappa shape index (κ1) is 46.4. The third-order valence-corrected chi connectivity index (χ3v) is 18.5. The Bertz CT molecular complexity index is 1390. The molecule has 3 amide bonds. The van der Waals surface area contributed by atoms with Gasteiger partial charge in [-0.2, -0.15) is 0 Å². The second kappa shape index (κ2) is 21.7. The van der Waals surface area contributed by atoms with E-state index in [4.69, 9.17) is 4.74 Å². The monoisotopic (exact) mass is 830 g/mol. The van der Waals surface area contributed by atoms with E-state index in [1.807, 2.05) is 26.5 Å². The predicted molar refractivity (Wildman–Crippen MR) is 237 cm³/mol. The Hall–Kier alpha value is -1.68. The van der Waals surface area contributed by atoms with Crippen molar-refractivity contribution in [2.24, 2.45) is 46.3 Å². The molecule has 0 aromatic carbocycles. The van der Waals surface area contributed by atoms with Gasteiger partial charge in [-0.15, -0.1) is 0 Å². The van der Waals surface area contributed by atoms with Crippen LogP contribution in [-0.2, 0) is 23.9 Å². The zero-order valence-corrected chi connectivity index (χ0v) is 38.5. The first-order valence-corrected chi connectivity index (χ1v) is 25.6. The maximum absolute atomic E-state index is 13.0. The van der Waals surface area contributed by atoms with Gasteiger partial charge in [-0.3, -0.25) is 19.2 Å². The molecule has 1 aliphatic heterocycles. The normalized spacial score (nSPS) is 32.5. The van der Waals surface area contributed by atoms with Crippen LogP contribution in [0.5, 0.6) is 0 Å². The largest absolute Gasteiger partial charge is 0.460 e. The Kier molecular flexibility index (Phi) is 17.7. The van der Waals surface area contributed by atoms with Crippen LogP contribution >= 0.6 is 21.6 Å². The van der Waals surface area contributed by atoms with E-state index in [9.17, 15) is 19.2 Å². The number of carbonyl (C=O) groups is 4. The summed E-state index contributed by atoms with van der Waals surface area (Å²) in [6.07, 6.45) is 22.8. The topological polar surface area (TPSA) is 105 Å². The van der Waals surface area contributed by atoms with E-state index in [-0.39, 0.29) is 48.7 Å². The molecule has 2 N–H and O–H groups in total. The molecule has 1 heterocycles. The standard InChI is InChI=1S/C47H79N3O5S2/c1-8-35-30-36(55-45(54)21-20-42(51)48-7)31-50(35)44(53)15-10-9-11-27-49-43(52)24-28-56-57-37-22-25-46(5)34(29-37)16-17-38-40-19-18-39(33(4)14-12-13-32(2)3)47(40,6)26-23-41(38)46/h16,32-33,35-41H,8-15,17-31H2,1-7H3,(H,48,51)(H,49,52)/t33-,35-,36-,37+,38?,39-,40?,41?,46+,47-/m1/s1. The molecule has 0 radical (unpaired) electrons. The molecule has 0 aromatic heterocycles. The summed E-state index contributed by atoms with van der Waals surface area (Å²) in [5.74, 6) is 5.78. The van der Waals surface area contributed by atoms with Crippen LogP contribution in [0.2, 0.25) is 0 Å². The van der Waals surface area contributed by atoms with Crippen molar-refractivity contribution < 1.29 is 23.9 Å². The number of nitrogens with zero attached hydrogens (tertiary/aromatic N) is 1. The van der Waals surface area contributed by atoms with Crippen LogP contribution < -0.4 is 10.6 Å². The number of allylic oxidation sites excluding steroid dienone is 2. The predicted octanol–water partition coefficient (Wildman–Crippen LogP) is 10.3. The lowest BCUT2D eigenvalue weighted by Gasteiger charge is -2.58. The summed E-state index contributed by atoms with van der Waals surface area (Å²) in [5.41, 5.74) is 2.70. The first-order valence-electron chi connectivity index (χ1n) is 23.2. The molecule has 5 aliphatic rings. The van der Waals surface area contributed by atoms with Gasteiger partial charge in [0.1, 0.15) is 6.10 Å². The summed E-state index contributed by atoms with van der Waals surface area (Å²) in [6.45, 7) is 15.8. The number of amides is 3. The van der Waals surface area contributed by atoms with Gasteiger partial charge in [-0.05, 0) is 117 Å². The number of fused-ring (bicyclic) bond motifs is 5. The van der Waals surface area contributed by atoms with E-state index < -0.39 is 0 Å². The highest BCUT2D eigenvalue weighted by atomic mass is 33.1. The number of hydrogen-bond donors (Lipinski definition) is 2. The van der Waals surface area contributed by atoms with Gasteiger partial charge in [0.2, 0.25) is 17.7 Å². The number of likely N-dealkylation sites (tertiary alicyclic amines) is 1. The minimum Gasteiger partial charge on any atom is -0.460 e. The summed E-state index contributed by atoms with van der Waals surface area (Å²) < 4.78 is 5.58. The van der Waals surface area contributed by atoms with Gasteiger partial charge < -0.3 is 20.3 Å². The summed E-state index contributed by atoms with van der Waals surface area (Å²) in [6, 6.07) is 0.0757. The van der Waals surface area contributed by atoms with Crippen LogP contribution in [-0.4, -0.2) is 71.9 Å². The zero-order chi connectivity index (χ0) is 41.2. The number of ether oxygens (including phenoxy) is 1. The lowest BCUT2D eigenvalue weighted by Crippen LogP contribution is -2.50. The fourth-order valence-electron chi connectivity index (χ4n) is 12.3. The van der Waals surface area contributed by atoms with Gasteiger partial charge in [0.25, 0.3) is 0 Å². The minimum absolute atomic E-state index is 0.0491. The lowest BCUT2D eigenvalue weighted by atomic mass is 9.47. The molecule has 0 spiro atoms. The molecule has 324 valence electrons. The van der Waals surface area contributed by atoms with Crippen molar-refractivity contribution in [3.8, 4) is 0 Å². The highest BCUT2D eigenvalue weighted by molar-refractivity contribution is 8.76. The number of nitrogens with one attached hydrogen (secondary N) is 2. The van der Waals surface area contributed by atoms with Crippen LogP contribution in [0, 0.1) is 46.3 Å². The molecule has 8 nitrogen and oxygen atoms in total. The van der Waals surface area contributed by atoms with Crippen LogP contribution in [0.25, 0.3) is 0 Å². The molecule has 4 fully saturated rings. The molecule has 0 bridgehead atoms. The Morgan fingerprint density at radius 1 is 0.912 bits per heavy atom. The highest BCUT2D eigenvalue weighted by Crippen LogP contribution is 2.67. The minimum atomic E-state index is -0.389. The number of carbonyl (C=O) groups excluding carboxylic acids is 4. The van der Waals surface area contributed by atoms with Crippen molar-refractivity contribution in [2.45, 2.75) is 187 Å². The highest BCUT2D eigenvalue weighted by Gasteiger charge is 2.59. The Labute approximate surface area is 354 Å². The van der Waals surface area contributed by atoms with Crippen molar-refractivity contribution >= 4 is 45.3 Å². The van der Waals surface area contributed by atoms with Crippen LogP contribution in [0.15, 0.2) is 11.6 Å². The van der Waals surface area contributed by atoms with Gasteiger partial charge >= 0.3 is 5.97 Å². The molecule has 3 unspecified atom stereocenters. The van der Waals surface area contributed by atoms with Crippen LogP contribution in [0.3, 0.4) is 0 Å². The van der Waals surface area contributed by atoms with Crippen molar-refractivity contribution in [3.05, 3.63) is 11.6 Å². The smallest absolute Gasteiger partial charge is 0.306 e. The summed E-state index contributed by atoms with van der Waals surface area (Å²) in [4.78, 5) is 51.1. The summed E-state index contributed by atoms with van der Waals surface area (Å²) >= 11 is 0. The van der Waals surface area contributed by atoms with Crippen molar-refractivity contribution in [1.29, 1.82) is 0 Å². The molecule has 5 rings (SSSR count). The third kappa shape index (κ3) is 12.0. The molecule has 57 heavy (non-hydrogen) atoms. The maximum Gasteiger partial charge on any atom is 0.306 e. The van der Waals surface area contributed by atoms with E-state index in [0.717, 1.165) is 66.9 Å². The molecule has 10 atom stereocenters. The van der Waals surface area contributed by atoms with Crippen LogP contribution in [0.4, 0.5) is 0 Å². The fourth-order valence-corrected chi connectivity index (χ4v) is 14.9. The second-order valence-corrected chi connectivity index (χ2v) is 22.4. The van der Waals surface area contributed by atoms with Gasteiger partial charge in [-0.1, -0.05) is 100 Å². The van der Waals surface area contributed by atoms with Crippen LogP contribution in [0.1, 0.15) is 170 Å². The SMILES string of the molecule is CC[C@@H]1C[C@@H](OC(=O)CCC(=O)NC)CN1C(=O)CCCCCNC(=O)CCSS[C@H]1CC[C@@]2(C)C(=CCC3C2CC[C@@]2(C)C3CC[C@@H]2[C@H](C)CCCC(C)C)C1. The van der Waals surface area contributed by atoms with E-state index in [0.29, 0.717) is 48.4 Å². The average Bonchev–Trinajstić information content (AvgIpc) is 3.77. The number of esters is 1. The molecule has 10 heteroatoms. The van der Waals surface area contributed by atoms with Crippen molar-refractivity contribution in [1.82, 2.24) is 15.5 Å². The molecule has 1 saturated heterocycles. The number of hydrogen-bond acceptors (Lipinski definition) is 7. The van der Waals surface area contributed by atoms with E-state index in [2.05, 4.69) is 58.3 Å². The van der Waals surface area contributed by atoms with Gasteiger partial charge in [0.05, 0.1) is 13.0 Å². The molecular weight excluding hydrogens is 751 g/mol. The lowest BCUT2D eigenvalue weighted by molar-refractivity contribution is -0.150. The fraction of sp³-hybridized carbons (Fsp3) is 0.872. The summed E-state index contributed by atoms with van der Waals surface area (Å²) in [5, 5.41) is 6.26. The van der Waals surface area contributed by atoms with Crippen molar-refractivity contribution in [2.75, 3.05) is 25.9 Å². The third-order valence-electron chi connectivity index (χ3n) is 15.6. The van der Waals surface area contributed by atoms with Gasteiger partial charge in [0.15, 0.2) is 0 Å². The zero-order valence-electron chi connectivity index (χ0n) is 36.8. The molecule has 3 saturated carbocycles. The molecule has 0 aromatic rings. The number of unbranched alkanes of at least 4 members (excludes halogenated alkanes) is 2. The van der Waals surface area contributed by atoms with E-state index >= 15 is 0 Å². The summed E-state index contributed by atoms with van der Waals surface area (Å²) in [7, 11) is 5.46. The maximum atomic E-state index is 13.0. The molecular formula is C47H79N3O5S2. The average molecular weight is 830 g/mol. The van der Waals surface area contributed by atoms with Gasteiger partial charge in [0, 0.05) is 56.3 Å². The molecule has 4 aliphatic carbocycles.